The lowest BCUT2D eigenvalue weighted by molar-refractivity contribution is 0.158. The summed E-state index contributed by atoms with van der Waals surface area (Å²) in [6.45, 7) is 2.73. The highest BCUT2D eigenvalue weighted by atomic mass is 32.2. The van der Waals surface area contributed by atoms with E-state index < -0.39 is 16.3 Å². The molecular weight excluding hydrogens is 258 g/mol. The topological polar surface area (TPSA) is 102 Å². The molecule has 0 aromatic rings. The van der Waals surface area contributed by atoms with Gasteiger partial charge in [0.1, 0.15) is 0 Å². The molecule has 1 unspecified atom stereocenters. The van der Waals surface area contributed by atoms with Crippen LogP contribution in [0.15, 0.2) is 0 Å². The molecule has 0 spiro atoms. The standard InChI is InChI=1S/C10H21N3O4S/c1-2-17-10(14)12-18(15,16)13-8-4-6-9(13)5-3-7-11/h9H,2-8,11H2,1H3,(H,12,14). The maximum absolute atomic E-state index is 12.0. The molecule has 8 heteroatoms. The highest BCUT2D eigenvalue weighted by molar-refractivity contribution is 7.87. The number of nitrogens with two attached hydrogens (primary N) is 1. The SMILES string of the molecule is CCOC(=O)NS(=O)(=O)N1CCCC1CCCN. The van der Waals surface area contributed by atoms with Gasteiger partial charge in [0.25, 0.3) is 0 Å². The zero-order chi connectivity index (χ0) is 13.6. The van der Waals surface area contributed by atoms with Crippen molar-refractivity contribution in [2.75, 3.05) is 19.7 Å². The first-order valence-corrected chi connectivity index (χ1v) is 7.61. The molecule has 1 atom stereocenters. The van der Waals surface area contributed by atoms with Crippen LogP contribution in [0.3, 0.4) is 0 Å². The second kappa shape index (κ2) is 6.91. The minimum Gasteiger partial charge on any atom is -0.449 e. The summed E-state index contributed by atoms with van der Waals surface area (Å²) in [6, 6.07) is -0.0690. The summed E-state index contributed by atoms with van der Waals surface area (Å²) in [4.78, 5) is 11.2. The van der Waals surface area contributed by atoms with Crippen molar-refractivity contribution in [2.45, 2.75) is 38.6 Å². The molecule has 18 heavy (non-hydrogen) atoms. The summed E-state index contributed by atoms with van der Waals surface area (Å²) >= 11 is 0. The maximum Gasteiger partial charge on any atom is 0.421 e. The number of carbonyl (C=O) groups is 1. The molecule has 0 aromatic carbocycles. The van der Waals surface area contributed by atoms with Gasteiger partial charge in [-0.3, -0.25) is 0 Å². The van der Waals surface area contributed by atoms with Gasteiger partial charge in [-0.1, -0.05) is 0 Å². The van der Waals surface area contributed by atoms with E-state index in [1.54, 1.807) is 6.92 Å². The molecule has 0 radical (unpaired) electrons. The zero-order valence-corrected chi connectivity index (χ0v) is 11.4. The van der Waals surface area contributed by atoms with E-state index in [0.29, 0.717) is 13.1 Å². The van der Waals surface area contributed by atoms with E-state index in [4.69, 9.17) is 5.73 Å². The van der Waals surface area contributed by atoms with Crippen LogP contribution in [0.1, 0.15) is 32.6 Å². The summed E-state index contributed by atoms with van der Waals surface area (Å²) in [7, 11) is -3.79. The van der Waals surface area contributed by atoms with E-state index in [2.05, 4.69) is 4.74 Å². The van der Waals surface area contributed by atoms with Crippen LogP contribution in [0, 0.1) is 0 Å². The molecule has 0 aliphatic carbocycles. The molecule has 1 heterocycles. The fourth-order valence-electron chi connectivity index (χ4n) is 2.09. The van der Waals surface area contributed by atoms with Gasteiger partial charge in [0.2, 0.25) is 0 Å². The van der Waals surface area contributed by atoms with Crippen molar-refractivity contribution >= 4 is 16.3 Å². The number of nitrogens with zero attached hydrogens (tertiary/aromatic N) is 1. The molecule has 106 valence electrons. The highest BCUT2D eigenvalue weighted by Gasteiger charge is 2.34. The molecule has 1 fully saturated rings. The molecule has 0 aromatic heterocycles. The van der Waals surface area contributed by atoms with Crippen LogP contribution < -0.4 is 10.5 Å². The smallest absolute Gasteiger partial charge is 0.421 e. The first-order valence-electron chi connectivity index (χ1n) is 6.17. The molecule has 0 saturated carbocycles. The van der Waals surface area contributed by atoms with Gasteiger partial charge < -0.3 is 10.5 Å². The maximum atomic E-state index is 12.0. The molecule has 1 amide bonds. The molecule has 7 nitrogen and oxygen atoms in total. The lowest BCUT2D eigenvalue weighted by atomic mass is 10.1. The quantitative estimate of drug-likeness (QED) is 0.722. The Morgan fingerprint density at radius 2 is 2.28 bits per heavy atom. The van der Waals surface area contributed by atoms with Crippen LogP contribution in [-0.4, -0.2) is 44.6 Å². The third-order valence-corrected chi connectivity index (χ3v) is 4.38. The molecule has 1 rings (SSSR count). The Bertz CT molecular complexity index is 371. The van der Waals surface area contributed by atoms with Gasteiger partial charge >= 0.3 is 16.3 Å². The lowest BCUT2D eigenvalue weighted by Gasteiger charge is -2.23. The molecule has 3 N–H and O–H groups in total. The first-order chi connectivity index (χ1) is 8.51. The van der Waals surface area contributed by atoms with Gasteiger partial charge in [-0.05, 0) is 39.2 Å². The Labute approximate surface area is 108 Å². The number of hydrogen-bond acceptors (Lipinski definition) is 5. The molecule has 1 saturated heterocycles. The van der Waals surface area contributed by atoms with Crippen LogP contribution >= 0.6 is 0 Å². The van der Waals surface area contributed by atoms with E-state index in [1.807, 2.05) is 4.72 Å². The fraction of sp³-hybridized carbons (Fsp3) is 0.900. The van der Waals surface area contributed by atoms with Crippen molar-refractivity contribution in [3.63, 3.8) is 0 Å². The van der Waals surface area contributed by atoms with Crippen molar-refractivity contribution in [3.05, 3.63) is 0 Å². The van der Waals surface area contributed by atoms with Crippen LogP contribution in [-0.2, 0) is 14.9 Å². The predicted molar refractivity (Wildman–Crippen MR) is 67.1 cm³/mol. The highest BCUT2D eigenvalue weighted by Crippen LogP contribution is 2.23. The van der Waals surface area contributed by atoms with E-state index in [0.717, 1.165) is 25.7 Å². The van der Waals surface area contributed by atoms with Crippen molar-refractivity contribution in [1.82, 2.24) is 9.03 Å². The number of ether oxygens (including phenoxy) is 1. The lowest BCUT2D eigenvalue weighted by Crippen LogP contribution is -2.46. The van der Waals surface area contributed by atoms with Crippen LogP contribution in [0.5, 0.6) is 0 Å². The van der Waals surface area contributed by atoms with E-state index in [1.165, 1.54) is 4.31 Å². The number of carbonyl (C=O) groups excluding carboxylic acids is 1. The molecule has 1 aliphatic rings. The second-order valence-electron chi connectivity index (χ2n) is 4.17. The van der Waals surface area contributed by atoms with Crippen LogP contribution in [0.25, 0.3) is 0 Å². The number of rotatable bonds is 6. The van der Waals surface area contributed by atoms with Gasteiger partial charge in [-0.25, -0.2) is 9.52 Å². The largest absolute Gasteiger partial charge is 0.449 e. The van der Waals surface area contributed by atoms with Gasteiger partial charge in [0, 0.05) is 12.6 Å². The Morgan fingerprint density at radius 3 is 2.89 bits per heavy atom. The molecular formula is C10H21N3O4S. The molecule has 0 bridgehead atoms. The van der Waals surface area contributed by atoms with Crippen molar-refractivity contribution in [2.24, 2.45) is 5.73 Å². The second-order valence-corrected chi connectivity index (χ2v) is 5.79. The van der Waals surface area contributed by atoms with E-state index >= 15 is 0 Å². The minimum absolute atomic E-state index is 0.0690. The fourth-order valence-corrected chi connectivity index (χ4v) is 3.45. The zero-order valence-electron chi connectivity index (χ0n) is 10.6. The third kappa shape index (κ3) is 4.11. The summed E-state index contributed by atoms with van der Waals surface area (Å²) < 4.78 is 31.8. The Balaban J connectivity index is 2.62. The third-order valence-electron chi connectivity index (χ3n) is 2.86. The van der Waals surface area contributed by atoms with Gasteiger partial charge in [-0.15, -0.1) is 0 Å². The summed E-state index contributed by atoms with van der Waals surface area (Å²) in [6.07, 6.45) is 2.18. The average Bonchev–Trinajstić information content (AvgIpc) is 2.74. The van der Waals surface area contributed by atoms with Gasteiger partial charge in [-0.2, -0.15) is 12.7 Å². The monoisotopic (exact) mass is 279 g/mol. The Kier molecular flexibility index (Phi) is 5.83. The summed E-state index contributed by atoms with van der Waals surface area (Å²) in [5.74, 6) is 0. The van der Waals surface area contributed by atoms with Crippen LogP contribution in [0.2, 0.25) is 0 Å². The van der Waals surface area contributed by atoms with Crippen molar-refractivity contribution in [1.29, 1.82) is 0 Å². The normalized spacial score (nSPS) is 20.9. The van der Waals surface area contributed by atoms with Crippen molar-refractivity contribution < 1.29 is 17.9 Å². The van der Waals surface area contributed by atoms with E-state index in [-0.39, 0.29) is 12.6 Å². The number of amides is 1. The van der Waals surface area contributed by atoms with Gasteiger partial charge in [0.15, 0.2) is 0 Å². The predicted octanol–water partition coefficient (Wildman–Crippen LogP) is 0.181. The minimum atomic E-state index is -3.79. The van der Waals surface area contributed by atoms with Crippen LogP contribution in [0.4, 0.5) is 4.79 Å². The van der Waals surface area contributed by atoms with E-state index in [9.17, 15) is 13.2 Å². The van der Waals surface area contributed by atoms with Crippen molar-refractivity contribution in [3.8, 4) is 0 Å². The Morgan fingerprint density at radius 1 is 1.56 bits per heavy atom. The van der Waals surface area contributed by atoms with Gasteiger partial charge in [0.05, 0.1) is 6.61 Å². The first kappa shape index (κ1) is 15.2. The summed E-state index contributed by atoms with van der Waals surface area (Å²) in [5.41, 5.74) is 5.42. The Hall–Kier alpha value is -0.860. The number of hydrogen-bond donors (Lipinski definition) is 2. The average molecular weight is 279 g/mol. The number of nitrogens with one attached hydrogen (secondary N) is 1. The molecule has 1 aliphatic heterocycles. The summed E-state index contributed by atoms with van der Waals surface area (Å²) in [5, 5.41) is 0.